The van der Waals surface area contributed by atoms with Crippen LogP contribution in [-0.2, 0) is 9.53 Å². The fraction of sp³-hybridized carbons (Fsp3) is 0.909. The minimum absolute atomic E-state index is 0.406. The van der Waals surface area contributed by atoms with Crippen LogP contribution in [0.5, 0.6) is 0 Å². The fourth-order valence-electron chi connectivity index (χ4n) is 1.80. The molecule has 1 saturated carbocycles. The lowest BCUT2D eigenvalue weighted by molar-refractivity contribution is -0.182. The van der Waals surface area contributed by atoms with Crippen LogP contribution in [0, 0.1) is 0 Å². The molecule has 88 valence electrons. The predicted octanol–water partition coefficient (Wildman–Crippen LogP) is 0.960. The van der Waals surface area contributed by atoms with Gasteiger partial charge in [-0.3, -0.25) is 0 Å². The van der Waals surface area contributed by atoms with Crippen LogP contribution in [0.3, 0.4) is 0 Å². The second-order valence-corrected chi connectivity index (χ2v) is 5.28. The molecule has 0 heterocycles. The van der Waals surface area contributed by atoms with Crippen molar-refractivity contribution in [2.45, 2.75) is 63.7 Å². The van der Waals surface area contributed by atoms with E-state index in [0.29, 0.717) is 12.8 Å². The molecule has 1 aliphatic rings. The zero-order valence-corrected chi connectivity index (χ0v) is 9.75. The lowest BCUT2D eigenvalue weighted by atomic mass is 9.81. The van der Waals surface area contributed by atoms with Crippen LogP contribution in [0.1, 0.15) is 46.5 Å². The normalized spacial score (nSPS) is 32.5. The lowest BCUT2D eigenvalue weighted by Gasteiger charge is -2.37. The minimum atomic E-state index is -1.48. The van der Waals surface area contributed by atoms with Crippen LogP contribution in [0.2, 0.25) is 0 Å². The smallest absolute Gasteiger partial charge is 0.340 e. The van der Waals surface area contributed by atoms with Gasteiger partial charge in [-0.1, -0.05) is 6.42 Å². The van der Waals surface area contributed by atoms with E-state index in [9.17, 15) is 9.90 Å². The minimum Gasteiger partial charge on any atom is -0.458 e. The summed E-state index contributed by atoms with van der Waals surface area (Å²) in [4.78, 5) is 11.8. The first-order valence-electron chi connectivity index (χ1n) is 5.47. The van der Waals surface area contributed by atoms with Gasteiger partial charge in [-0.2, -0.15) is 0 Å². The molecule has 0 aromatic carbocycles. The summed E-state index contributed by atoms with van der Waals surface area (Å²) in [6, 6.07) is -0.499. The van der Waals surface area contributed by atoms with Crippen LogP contribution >= 0.6 is 0 Å². The Bertz CT molecular complexity index is 247. The third-order valence-electron chi connectivity index (χ3n) is 2.69. The van der Waals surface area contributed by atoms with E-state index in [2.05, 4.69) is 0 Å². The van der Waals surface area contributed by atoms with Crippen molar-refractivity contribution in [3.05, 3.63) is 0 Å². The molecule has 2 atom stereocenters. The van der Waals surface area contributed by atoms with Crippen LogP contribution in [0.25, 0.3) is 0 Å². The molecule has 0 spiro atoms. The van der Waals surface area contributed by atoms with Gasteiger partial charge in [0.05, 0.1) is 0 Å². The summed E-state index contributed by atoms with van der Waals surface area (Å²) >= 11 is 0. The van der Waals surface area contributed by atoms with Crippen molar-refractivity contribution < 1.29 is 14.6 Å². The number of hydrogen-bond donors (Lipinski definition) is 2. The van der Waals surface area contributed by atoms with Gasteiger partial charge in [0.15, 0.2) is 5.60 Å². The fourth-order valence-corrected chi connectivity index (χ4v) is 1.80. The third-order valence-corrected chi connectivity index (χ3v) is 2.69. The molecule has 15 heavy (non-hydrogen) atoms. The van der Waals surface area contributed by atoms with E-state index < -0.39 is 23.2 Å². The quantitative estimate of drug-likeness (QED) is 0.639. The monoisotopic (exact) mass is 215 g/mol. The maximum Gasteiger partial charge on any atom is 0.340 e. The molecule has 4 nitrogen and oxygen atoms in total. The molecule has 0 unspecified atom stereocenters. The van der Waals surface area contributed by atoms with Gasteiger partial charge in [-0.15, -0.1) is 0 Å². The Morgan fingerprint density at radius 3 is 2.53 bits per heavy atom. The predicted molar refractivity (Wildman–Crippen MR) is 57.2 cm³/mol. The summed E-state index contributed by atoms with van der Waals surface area (Å²) in [6.45, 7) is 5.34. The zero-order valence-electron chi connectivity index (χ0n) is 9.75. The molecule has 1 aliphatic carbocycles. The Morgan fingerprint density at radius 1 is 1.47 bits per heavy atom. The van der Waals surface area contributed by atoms with Crippen LogP contribution in [0.15, 0.2) is 0 Å². The number of aliphatic hydroxyl groups is 1. The average molecular weight is 215 g/mol. The lowest BCUT2D eigenvalue weighted by Crippen LogP contribution is -2.57. The number of ether oxygens (including phenoxy) is 1. The molecule has 0 aromatic heterocycles. The Kier molecular flexibility index (Phi) is 3.41. The highest BCUT2D eigenvalue weighted by atomic mass is 16.6. The van der Waals surface area contributed by atoms with Crippen LogP contribution < -0.4 is 5.73 Å². The van der Waals surface area contributed by atoms with Crippen molar-refractivity contribution in [3.63, 3.8) is 0 Å². The molecule has 0 amide bonds. The number of rotatable bonds is 1. The Balaban J connectivity index is 2.71. The van der Waals surface area contributed by atoms with Crippen molar-refractivity contribution in [1.82, 2.24) is 0 Å². The molecule has 4 heteroatoms. The van der Waals surface area contributed by atoms with E-state index in [1.807, 2.05) is 0 Å². The Labute approximate surface area is 90.8 Å². The van der Waals surface area contributed by atoms with Crippen molar-refractivity contribution >= 4 is 5.97 Å². The first-order valence-corrected chi connectivity index (χ1v) is 5.47. The molecule has 0 radical (unpaired) electrons. The number of nitrogens with two attached hydrogens (primary N) is 1. The van der Waals surface area contributed by atoms with Gasteiger partial charge in [0.25, 0.3) is 0 Å². The van der Waals surface area contributed by atoms with Crippen LogP contribution in [0.4, 0.5) is 0 Å². The highest BCUT2D eigenvalue weighted by Gasteiger charge is 2.46. The zero-order chi connectivity index (χ0) is 11.7. The van der Waals surface area contributed by atoms with Gasteiger partial charge in [0.2, 0.25) is 0 Å². The maximum atomic E-state index is 11.8. The van der Waals surface area contributed by atoms with Gasteiger partial charge in [0.1, 0.15) is 5.60 Å². The Hall–Kier alpha value is -0.610. The number of carbonyl (C=O) groups is 1. The largest absolute Gasteiger partial charge is 0.458 e. The van der Waals surface area contributed by atoms with E-state index in [-0.39, 0.29) is 0 Å². The van der Waals surface area contributed by atoms with Gasteiger partial charge in [0, 0.05) is 6.04 Å². The summed E-state index contributed by atoms with van der Waals surface area (Å²) in [5.74, 6) is -0.581. The van der Waals surface area contributed by atoms with Crippen LogP contribution in [-0.4, -0.2) is 28.3 Å². The van der Waals surface area contributed by atoms with Crippen molar-refractivity contribution in [2.24, 2.45) is 5.73 Å². The van der Waals surface area contributed by atoms with Gasteiger partial charge >= 0.3 is 5.97 Å². The van der Waals surface area contributed by atoms with E-state index in [0.717, 1.165) is 12.8 Å². The SMILES string of the molecule is CC(C)(C)OC(=O)[C@@]1(O)CCCC[C@H]1N. The second-order valence-electron chi connectivity index (χ2n) is 5.28. The van der Waals surface area contributed by atoms with Gasteiger partial charge < -0.3 is 15.6 Å². The third kappa shape index (κ3) is 2.92. The van der Waals surface area contributed by atoms with E-state index >= 15 is 0 Å². The molecular formula is C11H21NO3. The van der Waals surface area contributed by atoms with Crippen molar-refractivity contribution in [3.8, 4) is 0 Å². The first kappa shape index (κ1) is 12.5. The molecule has 1 rings (SSSR count). The van der Waals surface area contributed by atoms with E-state index in [4.69, 9.17) is 10.5 Å². The Morgan fingerprint density at radius 2 is 2.07 bits per heavy atom. The van der Waals surface area contributed by atoms with Gasteiger partial charge in [-0.05, 0) is 40.0 Å². The topological polar surface area (TPSA) is 72.5 Å². The molecule has 3 N–H and O–H groups in total. The van der Waals surface area contributed by atoms with Crippen molar-refractivity contribution in [1.29, 1.82) is 0 Å². The number of esters is 1. The van der Waals surface area contributed by atoms with E-state index in [1.165, 1.54) is 0 Å². The summed E-state index contributed by atoms with van der Waals surface area (Å²) < 4.78 is 5.18. The standard InChI is InChI=1S/C11H21NO3/c1-10(2,3)15-9(13)11(14)7-5-4-6-8(11)12/h8,14H,4-7,12H2,1-3H3/t8-,11-/m1/s1. The summed E-state index contributed by atoms with van der Waals surface area (Å²) in [5.41, 5.74) is 3.72. The highest BCUT2D eigenvalue weighted by Crippen LogP contribution is 2.29. The van der Waals surface area contributed by atoms with Gasteiger partial charge in [-0.25, -0.2) is 4.79 Å². The molecule has 0 aliphatic heterocycles. The molecule has 0 aromatic rings. The maximum absolute atomic E-state index is 11.8. The second kappa shape index (κ2) is 4.10. The molecule has 0 saturated heterocycles. The summed E-state index contributed by atoms with van der Waals surface area (Å²) in [6.07, 6.45) is 2.87. The van der Waals surface area contributed by atoms with E-state index in [1.54, 1.807) is 20.8 Å². The first-order chi connectivity index (χ1) is 6.76. The average Bonchev–Trinajstić information content (AvgIpc) is 2.07. The molecule has 0 bridgehead atoms. The summed E-state index contributed by atoms with van der Waals surface area (Å²) in [5, 5.41) is 10.2. The molecule has 1 fully saturated rings. The highest BCUT2D eigenvalue weighted by molar-refractivity contribution is 5.80. The van der Waals surface area contributed by atoms with Crippen molar-refractivity contribution in [2.75, 3.05) is 0 Å². The number of carbonyl (C=O) groups excluding carboxylic acids is 1. The molecular weight excluding hydrogens is 194 g/mol. The summed E-state index contributed by atoms with van der Waals surface area (Å²) in [7, 11) is 0. The number of hydrogen-bond acceptors (Lipinski definition) is 4.